The first kappa shape index (κ1) is 14.5. The van der Waals surface area contributed by atoms with Crippen molar-refractivity contribution in [1.82, 2.24) is 0 Å². The highest BCUT2D eigenvalue weighted by molar-refractivity contribution is 6.63. The lowest BCUT2D eigenvalue weighted by Gasteiger charge is -2.40. The minimum absolute atomic E-state index is 0.219. The van der Waals surface area contributed by atoms with Gasteiger partial charge in [0, 0.05) is 0 Å². The fourth-order valence-electron chi connectivity index (χ4n) is 2.27. The third kappa shape index (κ3) is 2.40. The van der Waals surface area contributed by atoms with E-state index in [0.717, 1.165) is 0 Å². The summed E-state index contributed by atoms with van der Waals surface area (Å²) in [4.78, 5) is 0. The van der Waals surface area contributed by atoms with Crippen molar-refractivity contribution >= 4 is 6.98 Å². The molecule has 2 aromatic rings. The molecule has 2 rings (SSSR count). The molecule has 0 amide bonds. The van der Waals surface area contributed by atoms with Gasteiger partial charge in [-0.05, 0) is 17.4 Å². The fourth-order valence-corrected chi connectivity index (χ4v) is 2.27. The summed E-state index contributed by atoms with van der Waals surface area (Å²) in [6.07, 6.45) is 0. The molecule has 0 saturated heterocycles. The Labute approximate surface area is 116 Å². The van der Waals surface area contributed by atoms with E-state index in [1.54, 1.807) is 30.3 Å². The topological polar surface area (TPSA) is 9.23 Å². The molecule has 0 bridgehead atoms. The molecule has 0 fully saturated rings. The zero-order valence-electron chi connectivity index (χ0n) is 11.3. The second-order valence-electron chi connectivity index (χ2n) is 4.87. The van der Waals surface area contributed by atoms with E-state index in [0.29, 0.717) is 5.75 Å². The monoisotopic (exact) mass is 279 g/mol. The average Bonchev–Trinajstić information content (AvgIpc) is 2.46. The molecule has 0 radical (unpaired) electrons. The van der Waals surface area contributed by atoms with Crippen molar-refractivity contribution < 1.29 is 17.7 Å². The lowest BCUT2D eigenvalue weighted by molar-refractivity contribution is 0.404. The van der Waals surface area contributed by atoms with Gasteiger partial charge in [0.1, 0.15) is 5.75 Å². The lowest BCUT2D eigenvalue weighted by atomic mass is 9.52. The van der Waals surface area contributed by atoms with Gasteiger partial charge in [-0.25, -0.2) is 0 Å². The molecule has 1 atom stereocenters. The maximum absolute atomic E-state index is 13.7. The largest absolute Gasteiger partial charge is 0.497 e. The minimum Gasteiger partial charge on any atom is -0.497 e. The number of ether oxygens (including phenoxy) is 1. The minimum atomic E-state index is -5.09. The van der Waals surface area contributed by atoms with E-state index in [4.69, 9.17) is 4.74 Å². The summed E-state index contributed by atoms with van der Waals surface area (Å²) in [5, 5.41) is -1.98. The van der Waals surface area contributed by atoms with Gasteiger partial charge in [-0.3, -0.25) is 0 Å². The SMILES string of the molecule is COc1ccc([C@](C)(c2ccccc2)[B-](F)(F)F)cc1. The lowest BCUT2D eigenvalue weighted by Crippen LogP contribution is -2.45. The van der Waals surface area contributed by atoms with E-state index >= 15 is 0 Å². The Morgan fingerprint density at radius 1 is 0.850 bits per heavy atom. The van der Waals surface area contributed by atoms with Crippen molar-refractivity contribution in [1.29, 1.82) is 0 Å². The molecule has 0 saturated carbocycles. The number of hydrogen-bond donors (Lipinski definition) is 0. The van der Waals surface area contributed by atoms with Crippen LogP contribution in [0.5, 0.6) is 5.75 Å². The van der Waals surface area contributed by atoms with Crippen LogP contribution in [-0.2, 0) is 5.31 Å². The Balaban J connectivity index is 2.58. The number of hydrogen-bond acceptors (Lipinski definition) is 1. The van der Waals surface area contributed by atoms with Crippen LogP contribution < -0.4 is 4.74 Å². The van der Waals surface area contributed by atoms with E-state index in [1.807, 2.05) is 0 Å². The van der Waals surface area contributed by atoms with Crippen molar-refractivity contribution in [3.63, 3.8) is 0 Å². The molecule has 0 N–H and O–H groups in total. The Hall–Kier alpha value is -1.91. The van der Waals surface area contributed by atoms with Crippen LogP contribution in [0.4, 0.5) is 12.9 Å². The smallest absolute Gasteiger partial charge is 0.492 e. The predicted octanol–water partition coefficient (Wildman–Crippen LogP) is 4.39. The number of methoxy groups -OCH3 is 1. The van der Waals surface area contributed by atoms with E-state index in [1.165, 1.54) is 38.3 Å². The molecule has 0 unspecified atom stereocenters. The van der Waals surface area contributed by atoms with Gasteiger partial charge in [0.2, 0.25) is 0 Å². The Bertz CT molecular complexity index is 566. The maximum atomic E-state index is 13.7. The van der Waals surface area contributed by atoms with Gasteiger partial charge in [-0.1, -0.05) is 60.5 Å². The summed E-state index contributed by atoms with van der Waals surface area (Å²) in [7, 11) is 1.49. The molecule has 0 aliphatic heterocycles. The molecule has 5 heteroatoms. The van der Waals surface area contributed by atoms with Crippen molar-refractivity contribution in [3.05, 3.63) is 65.7 Å². The molecule has 0 heterocycles. The number of halogens is 3. The highest BCUT2D eigenvalue weighted by Gasteiger charge is 2.48. The summed E-state index contributed by atoms with van der Waals surface area (Å²) < 4.78 is 46.1. The van der Waals surface area contributed by atoms with Crippen LogP contribution in [-0.4, -0.2) is 14.1 Å². The van der Waals surface area contributed by atoms with Crippen LogP contribution in [0.3, 0.4) is 0 Å². The number of rotatable bonds is 4. The zero-order valence-corrected chi connectivity index (χ0v) is 11.3. The number of benzene rings is 2. The van der Waals surface area contributed by atoms with E-state index in [2.05, 4.69) is 0 Å². The highest BCUT2D eigenvalue weighted by atomic mass is 19.4. The van der Waals surface area contributed by atoms with Gasteiger partial charge in [-0.15, -0.1) is 0 Å². The first-order chi connectivity index (χ1) is 9.39. The van der Waals surface area contributed by atoms with Crippen molar-refractivity contribution in [2.24, 2.45) is 0 Å². The van der Waals surface area contributed by atoms with Crippen LogP contribution >= 0.6 is 0 Å². The van der Waals surface area contributed by atoms with Crippen molar-refractivity contribution in [2.75, 3.05) is 7.11 Å². The standard InChI is InChI=1S/C15H15BF3O/c1-15(16(17,18)19,12-6-4-3-5-7-12)13-8-10-14(20-2)11-9-13/h3-11H,1-2H3/q-1/t15-/m0/s1. The van der Waals surface area contributed by atoms with Crippen molar-refractivity contribution in [2.45, 2.75) is 12.2 Å². The van der Waals surface area contributed by atoms with Gasteiger partial charge in [0.25, 0.3) is 0 Å². The van der Waals surface area contributed by atoms with E-state index in [-0.39, 0.29) is 11.1 Å². The van der Waals surface area contributed by atoms with Crippen LogP contribution in [0.25, 0.3) is 0 Å². The van der Waals surface area contributed by atoms with Gasteiger partial charge in [-0.2, -0.15) is 0 Å². The average molecular weight is 279 g/mol. The summed E-state index contributed by atoms with van der Waals surface area (Å²) in [6, 6.07) is 14.0. The fraction of sp³-hybridized carbons (Fsp3) is 0.200. The second-order valence-corrected chi connectivity index (χ2v) is 4.87. The molecular formula is C15H15BF3O-. The van der Waals surface area contributed by atoms with Crippen LogP contribution in [0.1, 0.15) is 18.1 Å². The Morgan fingerprint density at radius 3 is 1.80 bits per heavy atom. The predicted molar refractivity (Wildman–Crippen MR) is 75.0 cm³/mol. The molecule has 0 aliphatic rings. The summed E-state index contributed by atoms with van der Waals surface area (Å²) in [5.41, 5.74) is 0.467. The molecule has 1 nitrogen and oxygen atoms in total. The molecule has 2 aromatic carbocycles. The highest BCUT2D eigenvalue weighted by Crippen LogP contribution is 2.43. The summed E-state index contributed by atoms with van der Waals surface area (Å²) in [6.45, 7) is -3.87. The van der Waals surface area contributed by atoms with E-state index < -0.39 is 12.3 Å². The molecule has 0 aromatic heterocycles. The van der Waals surface area contributed by atoms with Crippen LogP contribution in [0, 0.1) is 0 Å². The van der Waals surface area contributed by atoms with Crippen LogP contribution in [0.2, 0.25) is 0 Å². The first-order valence-corrected chi connectivity index (χ1v) is 6.29. The quantitative estimate of drug-likeness (QED) is 0.754. The molecule has 0 spiro atoms. The van der Waals surface area contributed by atoms with Gasteiger partial charge >= 0.3 is 6.98 Å². The second kappa shape index (κ2) is 5.23. The maximum Gasteiger partial charge on any atom is 0.492 e. The zero-order chi connectivity index (χ0) is 14.8. The van der Waals surface area contributed by atoms with Gasteiger partial charge in [0.15, 0.2) is 0 Å². The van der Waals surface area contributed by atoms with Crippen molar-refractivity contribution in [3.8, 4) is 5.75 Å². The third-order valence-corrected chi connectivity index (χ3v) is 3.72. The molecule has 0 aliphatic carbocycles. The Kier molecular flexibility index (Phi) is 3.79. The molecular weight excluding hydrogens is 264 g/mol. The van der Waals surface area contributed by atoms with Crippen LogP contribution in [0.15, 0.2) is 54.6 Å². The van der Waals surface area contributed by atoms with E-state index in [9.17, 15) is 12.9 Å². The summed E-state index contributed by atoms with van der Waals surface area (Å²) in [5.74, 6) is 0.541. The normalized spacial score (nSPS) is 14.7. The third-order valence-electron chi connectivity index (χ3n) is 3.72. The van der Waals surface area contributed by atoms with Gasteiger partial charge in [0.05, 0.1) is 7.11 Å². The molecule has 20 heavy (non-hydrogen) atoms. The Morgan fingerprint density at radius 2 is 1.35 bits per heavy atom. The molecule has 106 valence electrons. The first-order valence-electron chi connectivity index (χ1n) is 6.29. The van der Waals surface area contributed by atoms with Gasteiger partial charge < -0.3 is 17.7 Å². The summed E-state index contributed by atoms with van der Waals surface area (Å²) >= 11 is 0.